The Kier molecular flexibility index (Phi) is 5.53. The SMILES string of the molecule is CC1(c2nnc(C(F)F)o2)C(=O)Nc2nc(-c3nn(CCC(F)(F)C(F)(F)F)c4ncccc34)nc(N)c21. The lowest BCUT2D eigenvalue weighted by Gasteiger charge is -2.19. The highest BCUT2D eigenvalue weighted by atomic mass is 19.4. The van der Waals surface area contributed by atoms with Crippen molar-refractivity contribution in [1.29, 1.82) is 0 Å². The van der Waals surface area contributed by atoms with Crippen LogP contribution in [0.3, 0.4) is 0 Å². The zero-order valence-corrected chi connectivity index (χ0v) is 18.9. The number of fused-ring (bicyclic) bond motifs is 2. The first kappa shape index (κ1) is 25.3. The lowest BCUT2D eigenvalue weighted by molar-refractivity contribution is -0.285. The Morgan fingerprint density at radius 2 is 1.92 bits per heavy atom. The summed E-state index contributed by atoms with van der Waals surface area (Å²) in [6, 6.07) is 2.93. The van der Waals surface area contributed by atoms with Gasteiger partial charge in [0.15, 0.2) is 16.9 Å². The normalized spacial score (nSPS) is 17.9. The summed E-state index contributed by atoms with van der Waals surface area (Å²) in [4.78, 5) is 25.2. The molecule has 1 unspecified atom stereocenters. The van der Waals surface area contributed by atoms with Crippen molar-refractivity contribution in [2.45, 2.75) is 43.8 Å². The molecule has 4 aromatic rings. The van der Waals surface area contributed by atoms with E-state index >= 15 is 0 Å². The number of nitrogens with zero attached hydrogens (tertiary/aromatic N) is 7. The minimum atomic E-state index is -5.75. The molecule has 0 bridgehead atoms. The van der Waals surface area contributed by atoms with E-state index in [-0.39, 0.29) is 39.8 Å². The molecule has 11 nitrogen and oxygen atoms in total. The van der Waals surface area contributed by atoms with Gasteiger partial charge in [-0.25, -0.2) is 19.6 Å². The number of rotatable bonds is 6. The molecule has 18 heteroatoms. The van der Waals surface area contributed by atoms with Crippen molar-refractivity contribution in [3.8, 4) is 11.5 Å². The van der Waals surface area contributed by atoms with Crippen molar-refractivity contribution < 1.29 is 39.9 Å². The Morgan fingerprint density at radius 3 is 2.58 bits per heavy atom. The molecule has 5 rings (SSSR count). The Hall–Kier alpha value is -4.38. The molecule has 38 heavy (non-hydrogen) atoms. The van der Waals surface area contributed by atoms with Gasteiger partial charge in [-0.1, -0.05) is 0 Å². The fourth-order valence-corrected chi connectivity index (χ4v) is 3.96. The van der Waals surface area contributed by atoms with E-state index in [1.807, 2.05) is 0 Å². The molecule has 1 amide bonds. The number of alkyl halides is 7. The van der Waals surface area contributed by atoms with E-state index in [1.54, 1.807) is 0 Å². The van der Waals surface area contributed by atoms with Gasteiger partial charge in [0, 0.05) is 19.2 Å². The zero-order chi connectivity index (χ0) is 27.6. The number of aromatic nitrogens is 7. The first-order chi connectivity index (χ1) is 17.7. The van der Waals surface area contributed by atoms with E-state index in [1.165, 1.54) is 25.3 Å². The van der Waals surface area contributed by atoms with Crippen LogP contribution in [0.2, 0.25) is 0 Å². The lowest BCUT2D eigenvalue weighted by Crippen LogP contribution is -2.37. The predicted molar refractivity (Wildman–Crippen MR) is 113 cm³/mol. The number of halogens is 7. The van der Waals surface area contributed by atoms with E-state index in [0.29, 0.717) is 0 Å². The molecule has 3 N–H and O–H groups in total. The number of hydrogen-bond acceptors (Lipinski definition) is 9. The van der Waals surface area contributed by atoms with E-state index < -0.39 is 54.6 Å². The Bertz CT molecular complexity index is 1570. The van der Waals surface area contributed by atoms with Gasteiger partial charge in [-0.2, -0.15) is 35.8 Å². The van der Waals surface area contributed by atoms with E-state index in [0.717, 1.165) is 4.68 Å². The third-order valence-corrected chi connectivity index (χ3v) is 5.95. The average molecular weight is 545 g/mol. The van der Waals surface area contributed by atoms with Gasteiger partial charge < -0.3 is 15.5 Å². The largest absolute Gasteiger partial charge is 0.453 e. The fraction of sp³-hybridized carbons (Fsp3) is 0.350. The highest BCUT2D eigenvalue weighted by molar-refractivity contribution is 6.08. The van der Waals surface area contributed by atoms with Gasteiger partial charge in [0.25, 0.3) is 5.89 Å². The van der Waals surface area contributed by atoms with E-state index in [9.17, 15) is 35.5 Å². The molecule has 0 fully saturated rings. The summed E-state index contributed by atoms with van der Waals surface area (Å²) in [5.74, 6) is -7.94. The van der Waals surface area contributed by atoms with Crippen molar-refractivity contribution in [1.82, 2.24) is 34.9 Å². The Balaban J connectivity index is 1.57. The van der Waals surface area contributed by atoms with Crippen LogP contribution < -0.4 is 11.1 Å². The third kappa shape index (κ3) is 3.77. The highest BCUT2D eigenvalue weighted by Gasteiger charge is 2.57. The van der Waals surface area contributed by atoms with Crippen LogP contribution in [0, 0.1) is 0 Å². The minimum absolute atomic E-state index is 0.0255. The van der Waals surface area contributed by atoms with Crippen LogP contribution in [0.4, 0.5) is 42.4 Å². The van der Waals surface area contributed by atoms with Gasteiger partial charge >= 0.3 is 18.5 Å². The Morgan fingerprint density at radius 1 is 1.18 bits per heavy atom. The average Bonchev–Trinajstić information content (AvgIpc) is 3.53. The number of pyridine rings is 1. The maximum Gasteiger partial charge on any atom is 0.453 e. The summed E-state index contributed by atoms with van der Waals surface area (Å²) in [6.45, 7) is 0.435. The molecule has 0 spiro atoms. The van der Waals surface area contributed by atoms with Gasteiger partial charge in [0.05, 0.1) is 10.9 Å². The highest BCUT2D eigenvalue weighted by Crippen LogP contribution is 2.45. The van der Waals surface area contributed by atoms with Crippen molar-refractivity contribution >= 4 is 28.6 Å². The van der Waals surface area contributed by atoms with Crippen LogP contribution in [0.15, 0.2) is 22.7 Å². The molecule has 0 aliphatic carbocycles. The van der Waals surface area contributed by atoms with Gasteiger partial charge in [0.1, 0.15) is 17.3 Å². The smallest absolute Gasteiger partial charge is 0.418 e. The van der Waals surface area contributed by atoms with Crippen molar-refractivity contribution in [2.75, 3.05) is 11.1 Å². The van der Waals surface area contributed by atoms with Gasteiger partial charge in [-0.3, -0.25) is 4.79 Å². The van der Waals surface area contributed by atoms with Crippen molar-refractivity contribution in [2.24, 2.45) is 0 Å². The number of anilines is 2. The fourth-order valence-electron chi connectivity index (χ4n) is 3.96. The number of nitrogens with two attached hydrogens (primary N) is 1. The molecular formula is C20H14F7N9O2. The number of carbonyl (C=O) groups is 1. The molecule has 1 aliphatic heterocycles. The summed E-state index contributed by atoms with van der Waals surface area (Å²) in [7, 11) is 0. The molecule has 0 aromatic carbocycles. The van der Waals surface area contributed by atoms with Gasteiger partial charge in [-0.05, 0) is 19.1 Å². The third-order valence-electron chi connectivity index (χ3n) is 5.95. The molecule has 4 aromatic heterocycles. The van der Waals surface area contributed by atoms with Gasteiger partial charge in [0.2, 0.25) is 11.8 Å². The number of nitrogens with one attached hydrogen (secondary N) is 1. The van der Waals surface area contributed by atoms with Crippen LogP contribution in [-0.2, 0) is 16.8 Å². The number of aryl methyl sites for hydroxylation is 1. The molecular weight excluding hydrogens is 531 g/mol. The second kappa shape index (κ2) is 8.32. The minimum Gasteiger partial charge on any atom is -0.418 e. The van der Waals surface area contributed by atoms with Crippen LogP contribution in [-0.4, -0.2) is 52.9 Å². The molecule has 0 saturated carbocycles. The molecule has 1 aliphatic rings. The topological polar surface area (TPSA) is 151 Å². The van der Waals surface area contributed by atoms with Crippen LogP contribution in [0.1, 0.15) is 37.1 Å². The molecule has 1 atom stereocenters. The first-order valence-electron chi connectivity index (χ1n) is 10.6. The monoisotopic (exact) mass is 545 g/mol. The maximum absolute atomic E-state index is 13.5. The summed E-state index contributed by atoms with van der Waals surface area (Å²) in [5.41, 5.74) is 4.13. The number of nitrogen functional groups attached to an aromatic ring is 1. The van der Waals surface area contributed by atoms with Gasteiger partial charge in [-0.15, -0.1) is 10.2 Å². The van der Waals surface area contributed by atoms with Crippen LogP contribution >= 0.6 is 0 Å². The quantitative estimate of drug-likeness (QED) is 0.346. The summed E-state index contributed by atoms with van der Waals surface area (Å²) < 4.78 is 96.7. The summed E-state index contributed by atoms with van der Waals surface area (Å²) in [5, 5.41) is 13.5. The second-order valence-electron chi connectivity index (χ2n) is 8.38. The standard InChI is InChI=1S/C20H14F7N9O2/c1-18(17-34-33-15(38-17)10(21)22)8-11(28)30-13(31-12(8)32-16(18)37)9-7-3-2-5-29-14(7)36(35-9)6-4-19(23,24)20(25,26)27/h2-3,5,10H,4,6H2,1H3,(H3,28,30,31,32,37). The molecule has 0 saturated heterocycles. The van der Waals surface area contributed by atoms with E-state index in [4.69, 9.17) is 10.2 Å². The number of carbonyl (C=O) groups excluding carboxylic acids is 1. The molecule has 5 heterocycles. The predicted octanol–water partition coefficient (Wildman–Crippen LogP) is 3.64. The van der Waals surface area contributed by atoms with Crippen LogP contribution in [0.25, 0.3) is 22.6 Å². The molecule has 200 valence electrons. The lowest BCUT2D eigenvalue weighted by atomic mass is 9.84. The zero-order valence-electron chi connectivity index (χ0n) is 18.9. The van der Waals surface area contributed by atoms with Crippen molar-refractivity contribution in [3.05, 3.63) is 35.7 Å². The summed E-state index contributed by atoms with van der Waals surface area (Å²) >= 11 is 0. The number of hydrogen-bond donors (Lipinski definition) is 2. The van der Waals surface area contributed by atoms with E-state index in [2.05, 4.69) is 35.6 Å². The molecule has 0 radical (unpaired) electrons. The number of amides is 1. The maximum atomic E-state index is 13.5. The Labute approximate surface area is 206 Å². The van der Waals surface area contributed by atoms with Crippen molar-refractivity contribution in [3.63, 3.8) is 0 Å². The van der Waals surface area contributed by atoms with Crippen LogP contribution in [0.5, 0.6) is 0 Å². The summed E-state index contributed by atoms with van der Waals surface area (Å²) in [6.07, 6.45) is -9.15. The first-order valence-corrected chi connectivity index (χ1v) is 10.6. The second-order valence-corrected chi connectivity index (χ2v) is 8.38.